The molecule has 0 unspecified atom stereocenters. The molecule has 0 bridgehead atoms. The van der Waals surface area contributed by atoms with Crippen LogP contribution in [0.2, 0.25) is 0 Å². The number of rotatable bonds is 4. The first-order chi connectivity index (χ1) is 13.5. The third kappa shape index (κ3) is 3.60. The van der Waals surface area contributed by atoms with Crippen molar-refractivity contribution in [1.82, 2.24) is 9.78 Å². The van der Waals surface area contributed by atoms with Crippen LogP contribution in [0.25, 0.3) is 17.0 Å². The van der Waals surface area contributed by atoms with Gasteiger partial charge in [-0.2, -0.15) is 10.4 Å². The quantitative estimate of drug-likeness (QED) is 0.735. The molecule has 1 heterocycles. The van der Waals surface area contributed by atoms with Crippen LogP contribution >= 0.6 is 0 Å². The molecule has 6 heteroatoms. The molecule has 2 aromatic rings. The van der Waals surface area contributed by atoms with Crippen molar-refractivity contribution in [2.75, 3.05) is 7.05 Å². The molecule has 140 valence electrons. The van der Waals surface area contributed by atoms with Crippen LogP contribution in [0.4, 0.5) is 4.39 Å². The lowest BCUT2D eigenvalue weighted by Crippen LogP contribution is -2.08. The lowest BCUT2D eigenvalue weighted by Gasteiger charge is -2.14. The van der Waals surface area contributed by atoms with E-state index in [1.54, 1.807) is 23.9 Å². The van der Waals surface area contributed by atoms with E-state index in [1.165, 1.54) is 19.1 Å². The summed E-state index contributed by atoms with van der Waals surface area (Å²) in [6.45, 7) is 3.48. The van der Waals surface area contributed by atoms with Crippen molar-refractivity contribution in [2.24, 2.45) is 4.99 Å². The molecule has 0 aliphatic heterocycles. The van der Waals surface area contributed by atoms with Crippen LogP contribution in [0.1, 0.15) is 36.3 Å². The van der Waals surface area contributed by atoms with Gasteiger partial charge in [0, 0.05) is 19.5 Å². The third-order valence-corrected chi connectivity index (χ3v) is 4.38. The van der Waals surface area contributed by atoms with Crippen molar-refractivity contribution in [1.29, 1.82) is 5.26 Å². The summed E-state index contributed by atoms with van der Waals surface area (Å²) in [6, 6.07) is 7.79. The maximum Gasteiger partial charge on any atom is 0.180 e. The fourth-order valence-electron chi connectivity index (χ4n) is 2.98. The fraction of sp³-hybridized carbons (Fsp3) is 0.182. The summed E-state index contributed by atoms with van der Waals surface area (Å²) in [4.78, 5) is 16.2. The summed E-state index contributed by atoms with van der Waals surface area (Å²) in [7, 11) is 1.73. The molecule has 0 fully saturated rings. The monoisotopic (exact) mass is 374 g/mol. The molecular formula is C22H19FN4O. The number of ketones is 1. The Morgan fingerprint density at radius 1 is 1.36 bits per heavy atom. The molecule has 1 aromatic heterocycles. The highest BCUT2D eigenvalue weighted by Gasteiger charge is 2.18. The van der Waals surface area contributed by atoms with Gasteiger partial charge in [-0.05, 0) is 48.4 Å². The van der Waals surface area contributed by atoms with Crippen molar-refractivity contribution < 1.29 is 9.18 Å². The number of hydrogen-bond acceptors (Lipinski definition) is 4. The number of hydrogen-bond donors (Lipinski definition) is 0. The molecule has 1 aliphatic rings. The van der Waals surface area contributed by atoms with Gasteiger partial charge in [0.25, 0.3) is 0 Å². The molecule has 0 N–H and O–H groups in total. The summed E-state index contributed by atoms with van der Waals surface area (Å²) >= 11 is 0. The van der Waals surface area contributed by atoms with E-state index in [0.29, 0.717) is 11.3 Å². The molecule has 0 saturated carbocycles. The molecule has 28 heavy (non-hydrogen) atoms. The largest absolute Gasteiger partial charge is 0.293 e. The van der Waals surface area contributed by atoms with Crippen LogP contribution in [0.5, 0.6) is 0 Å². The zero-order valence-electron chi connectivity index (χ0n) is 15.9. The minimum Gasteiger partial charge on any atom is -0.293 e. The molecule has 0 saturated heterocycles. The third-order valence-electron chi connectivity index (χ3n) is 4.38. The molecule has 0 amide bonds. The van der Waals surface area contributed by atoms with Crippen molar-refractivity contribution in [2.45, 2.75) is 20.3 Å². The van der Waals surface area contributed by atoms with Crippen molar-refractivity contribution in [3.8, 4) is 17.3 Å². The minimum absolute atomic E-state index is 0.0321. The van der Waals surface area contributed by atoms with E-state index in [9.17, 15) is 9.18 Å². The first-order valence-electron chi connectivity index (χ1n) is 8.87. The van der Waals surface area contributed by atoms with Gasteiger partial charge in [0.05, 0.1) is 22.7 Å². The number of aromatic nitrogens is 2. The lowest BCUT2D eigenvalue weighted by molar-refractivity contribution is 0.101. The van der Waals surface area contributed by atoms with E-state index in [4.69, 9.17) is 5.26 Å². The number of carbonyl (C=O) groups is 1. The summed E-state index contributed by atoms with van der Waals surface area (Å²) < 4.78 is 15.8. The second-order valence-corrected chi connectivity index (χ2v) is 6.27. The van der Waals surface area contributed by atoms with Crippen LogP contribution in [-0.2, 0) is 0 Å². The topological polar surface area (TPSA) is 71.0 Å². The van der Waals surface area contributed by atoms with Crippen molar-refractivity contribution in [3.05, 3.63) is 71.2 Å². The Kier molecular flexibility index (Phi) is 5.46. The van der Waals surface area contributed by atoms with E-state index in [2.05, 4.69) is 16.2 Å². The number of aliphatic imine (C=N–C) groups is 1. The Morgan fingerprint density at radius 3 is 2.75 bits per heavy atom. The fourth-order valence-corrected chi connectivity index (χ4v) is 2.98. The number of halogens is 1. The highest BCUT2D eigenvalue weighted by atomic mass is 19.1. The summed E-state index contributed by atoms with van der Waals surface area (Å²) in [6.07, 6.45) is 8.58. The summed E-state index contributed by atoms with van der Waals surface area (Å²) in [5.41, 5.74) is 3.90. The van der Waals surface area contributed by atoms with E-state index >= 15 is 0 Å². The van der Waals surface area contributed by atoms with E-state index in [1.807, 2.05) is 31.2 Å². The Balaban J connectivity index is 2.18. The molecule has 0 radical (unpaired) electrons. The Morgan fingerprint density at radius 2 is 2.14 bits per heavy atom. The smallest absolute Gasteiger partial charge is 0.180 e. The molecule has 0 atom stereocenters. The van der Waals surface area contributed by atoms with Crippen LogP contribution in [-0.4, -0.2) is 28.3 Å². The molecule has 0 spiro atoms. The first kappa shape index (κ1) is 19.2. The number of carbonyl (C=O) groups excluding carboxylic acids is 1. The maximum absolute atomic E-state index is 14.2. The maximum atomic E-state index is 14.2. The average Bonchev–Trinajstić information content (AvgIpc) is 3.14. The number of allylic oxidation sites excluding steroid dienone is 6. The van der Waals surface area contributed by atoms with Crippen LogP contribution in [0, 0.1) is 17.1 Å². The highest BCUT2D eigenvalue weighted by Crippen LogP contribution is 2.28. The second kappa shape index (κ2) is 7.97. The highest BCUT2D eigenvalue weighted by molar-refractivity contribution is 6.13. The Hall–Kier alpha value is -3.59. The standard InChI is InChI=1S/C22H19FN4O/c1-4-5-15-10-18(8-9-20(15)25-3)27-22(12-21(26-27)14(2)28)16-6-7-17(13-24)19(23)11-16/h5-12H,4H2,1-3H3/b15-5-,25-20?. The van der Waals surface area contributed by atoms with Gasteiger partial charge in [0.15, 0.2) is 5.78 Å². The van der Waals surface area contributed by atoms with Gasteiger partial charge in [-0.25, -0.2) is 9.07 Å². The summed E-state index contributed by atoms with van der Waals surface area (Å²) in [5, 5.41) is 13.4. The van der Waals surface area contributed by atoms with Gasteiger partial charge in [-0.3, -0.25) is 9.79 Å². The summed E-state index contributed by atoms with van der Waals surface area (Å²) in [5.74, 6) is -0.799. The van der Waals surface area contributed by atoms with Gasteiger partial charge in [0.2, 0.25) is 0 Å². The van der Waals surface area contributed by atoms with Crippen LogP contribution in [0.15, 0.2) is 59.1 Å². The number of benzene rings is 1. The predicted octanol–water partition coefficient (Wildman–Crippen LogP) is 4.58. The van der Waals surface area contributed by atoms with Crippen LogP contribution < -0.4 is 0 Å². The van der Waals surface area contributed by atoms with Gasteiger partial charge in [-0.15, -0.1) is 0 Å². The second-order valence-electron chi connectivity index (χ2n) is 6.27. The molecule has 1 aromatic carbocycles. The minimum atomic E-state index is -0.614. The Labute approximate surface area is 162 Å². The normalized spacial score (nSPS) is 16.3. The number of nitriles is 1. The molecule has 3 rings (SSSR count). The van der Waals surface area contributed by atoms with E-state index in [0.717, 1.165) is 23.4 Å². The molecule has 1 aliphatic carbocycles. The van der Waals surface area contributed by atoms with E-state index < -0.39 is 5.82 Å². The first-order valence-corrected chi connectivity index (χ1v) is 8.87. The molecular weight excluding hydrogens is 355 g/mol. The van der Waals surface area contributed by atoms with Gasteiger partial charge in [-0.1, -0.05) is 19.1 Å². The van der Waals surface area contributed by atoms with Crippen molar-refractivity contribution >= 4 is 17.2 Å². The van der Waals surface area contributed by atoms with Gasteiger partial charge >= 0.3 is 0 Å². The zero-order chi connectivity index (χ0) is 20.3. The van der Waals surface area contributed by atoms with Crippen molar-refractivity contribution in [3.63, 3.8) is 0 Å². The lowest BCUT2D eigenvalue weighted by atomic mass is 10.0. The Bertz CT molecular complexity index is 1110. The van der Waals surface area contributed by atoms with E-state index in [-0.39, 0.29) is 17.0 Å². The number of Topliss-reactive ketones (excluding diaryl/α,β-unsaturated/α-hetero) is 1. The van der Waals surface area contributed by atoms with Gasteiger partial charge in [0.1, 0.15) is 17.6 Å². The number of nitrogens with zero attached hydrogens (tertiary/aromatic N) is 4. The zero-order valence-corrected chi connectivity index (χ0v) is 15.9. The van der Waals surface area contributed by atoms with Crippen LogP contribution in [0.3, 0.4) is 0 Å². The predicted molar refractivity (Wildman–Crippen MR) is 107 cm³/mol. The SMILES string of the molecule is CC/C=C1/C=C(n2nc(C(C)=O)cc2-c2ccc(C#N)c(F)c2)C=CC1=NC. The average molecular weight is 374 g/mol. The molecule has 5 nitrogen and oxygen atoms in total. The van der Waals surface area contributed by atoms with Gasteiger partial charge < -0.3 is 0 Å².